The molecule has 7 atom stereocenters. The molecular formula is C49H100N14O9. The molecule has 0 heterocycles. The molecule has 420 valence electrons. The zero-order valence-electron chi connectivity index (χ0n) is 43.9. The Balaban J connectivity index is 5.89. The van der Waals surface area contributed by atoms with Crippen molar-refractivity contribution in [1.29, 1.82) is 0 Å². The lowest BCUT2D eigenvalue weighted by atomic mass is 10.00. The van der Waals surface area contributed by atoms with Crippen LogP contribution in [0.1, 0.15) is 155 Å². The summed E-state index contributed by atoms with van der Waals surface area (Å²) >= 11 is 0. The van der Waals surface area contributed by atoms with Gasteiger partial charge < -0.3 is 87.2 Å². The Morgan fingerprint density at radius 2 is 0.694 bits per heavy atom. The first-order valence-corrected chi connectivity index (χ1v) is 26.9. The molecule has 0 radical (unpaired) electrons. The first kappa shape index (κ1) is 68.1. The van der Waals surface area contributed by atoms with Gasteiger partial charge in [0.15, 0.2) is 5.78 Å². The van der Waals surface area contributed by atoms with Crippen LogP contribution in [0.5, 0.6) is 0 Å². The Morgan fingerprint density at radius 1 is 0.361 bits per heavy atom. The first-order chi connectivity index (χ1) is 34.7. The third-order valence-corrected chi connectivity index (χ3v) is 12.1. The van der Waals surface area contributed by atoms with Crippen LogP contribution in [0, 0.1) is 0 Å². The molecule has 23 nitrogen and oxygen atoms in total. The summed E-state index contributed by atoms with van der Waals surface area (Å²) in [5.74, 6) is -2.65. The van der Waals surface area contributed by atoms with Crippen LogP contribution in [0.2, 0.25) is 0 Å². The summed E-state index contributed by atoms with van der Waals surface area (Å²) in [6.45, 7) is 6.44. The summed E-state index contributed by atoms with van der Waals surface area (Å²) in [5.41, 5.74) is 46.7. The Labute approximate surface area is 430 Å². The lowest BCUT2D eigenvalue weighted by molar-refractivity contribution is -0.132. The Kier molecular flexibility index (Phi) is 43.2. The van der Waals surface area contributed by atoms with Crippen molar-refractivity contribution in [3.63, 3.8) is 0 Å². The van der Waals surface area contributed by atoms with E-state index in [1.165, 1.54) is 0 Å². The zero-order valence-corrected chi connectivity index (χ0v) is 43.9. The van der Waals surface area contributed by atoms with Gasteiger partial charge >= 0.3 is 0 Å². The number of carbonyl (C=O) groups excluding carboxylic acids is 7. The van der Waals surface area contributed by atoms with E-state index in [9.17, 15) is 33.6 Å². The molecule has 0 aliphatic carbocycles. The van der Waals surface area contributed by atoms with Crippen LogP contribution in [0.15, 0.2) is 0 Å². The van der Waals surface area contributed by atoms with Crippen LogP contribution in [0.3, 0.4) is 0 Å². The number of ether oxygens (including phenoxy) is 2. The van der Waals surface area contributed by atoms with Gasteiger partial charge in [0.2, 0.25) is 35.4 Å². The summed E-state index contributed by atoms with van der Waals surface area (Å²) in [6, 6.07) is -5.81. The molecule has 7 unspecified atom stereocenters. The number of hydrogen-bond acceptors (Lipinski definition) is 17. The molecule has 0 aliphatic heterocycles. The fourth-order valence-corrected chi connectivity index (χ4v) is 7.57. The maximum atomic E-state index is 14.0. The number of nitrogens with two attached hydrogens (primary N) is 8. The van der Waals surface area contributed by atoms with Gasteiger partial charge in [-0.1, -0.05) is 25.7 Å². The fraction of sp³-hybridized carbons (Fsp3) is 0.857. The van der Waals surface area contributed by atoms with Crippen molar-refractivity contribution in [3.8, 4) is 0 Å². The smallest absolute Gasteiger partial charge is 0.243 e. The number of hydrogen-bond donors (Lipinski definition) is 14. The van der Waals surface area contributed by atoms with Gasteiger partial charge in [0.1, 0.15) is 12.1 Å². The second-order valence-corrected chi connectivity index (χ2v) is 18.5. The van der Waals surface area contributed by atoms with Crippen LogP contribution in [-0.2, 0) is 43.0 Å². The number of Topliss-reactive ketones (excluding diaryl/α,β-unsaturated/α-hetero) is 1. The minimum absolute atomic E-state index is 0.119. The lowest BCUT2D eigenvalue weighted by Gasteiger charge is -2.24. The van der Waals surface area contributed by atoms with Crippen LogP contribution >= 0.6 is 0 Å². The second-order valence-electron chi connectivity index (χ2n) is 18.5. The number of ketones is 1. The SMILES string of the molecule is CCOCCOCCCC(=O)C(CCCCNC(=O)C(CCCCNC(=O)C(N)CCCCN)NC(=O)C(N)CCCCN)NC(=O)C(CCCCNC(=O)C(N)CCCCN)NC(=O)C(N)CCCCN. The van der Waals surface area contributed by atoms with E-state index < -0.39 is 65.9 Å². The Morgan fingerprint density at radius 3 is 1.10 bits per heavy atom. The van der Waals surface area contributed by atoms with Crippen LogP contribution in [0.4, 0.5) is 0 Å². The average Bonchev–Trinajstić information content (AvgIpc) is 3.36. The fourth-order valence-electron chi connectivity index (χ4n) is 7.57. The highest BCUT2D eigenvalue weighted by molar-refractivity contribution is 5.93. The minimum Gasteiger partial charge on any atom is -0.379 e. The summed E-state index contributed by atoms with van der Waals surface area (Å²) in [6.07, 6.45) is 11.7. The number of carbonyl (C=O) groups is 7. The molecule has 0 aromatic heterocycles. The van der Waals surface area contributed by atoms with E-state index in [0.29, 0.717) is 162 Å². The highest BCUT2D eigenvalue weighted by atomic mass is 16.5. The summed E-state index contributed by atoms with van der Waals surface area (Å²) in [7, 11) is 0. The molecule has 6 amide bonds. The van der Waals surface area contributed by atoms with Gasteiger partial charge in [-0.3, -0.25) is 33.6 Å². The van der Waals surface area contributed by atoms with Crippen molar-refractivity contribution in [1.82, 2.24) is 31.9 Å². The largest absolute Gasteiger partial charge is 0.379 e. The Hall–Kier alpha value is -3.91. The van der Waals surface area contributed by atoms with Gasteiger partial charge in [0.25, 0.3) is 0 Å². The van der Waals surface area contributed by atoms with Crippen molar-refractivity contribution in [2.45, 2.75) is 197 Å². The van der Waals surface area contributed by atoms with Gasteiger partial charge in [0.05, 0.1) is 43.4 Å². The molecule has 0 aliphatic rings. The molecule has 0 aromatic rings. The second kappa shape index (κ2) is 45.7. The number of amides is 6. The standard InChI is InChI=1S/C49H100N14O9/c1-2-71-34-35-72-33-17-25-43(64)40(61-49(70)42(63-47(68)39(57)21-6-13-29-53)24-9-16-31-59-45(66)37(55)19-4-11-27-51)22-7-14-32-60-48(69)41(62-46(67)38(56)20-5-12-28-52)23-8-15-30-58-44(65)36(54)18-3-10-26-50/h36-42H,2-35,50-57H2,1H3,(H,58,65)(H,59,66)(H,60,69)(H,61,70)(H,62,67)(H,63,68). The third-order valence-electron chi connectivity index (χ3n) is 12.1. The van der Waals surface area contributed by atoms with E-state index in [1.807, 2.05) is 6.92 Å². The molecule has 72 heavy (non-hydrogen) atoms. The van der Waals surface area contributed by atoms with Gasteiger partial charge in [-0.05, 0) is 149 Å². The molecule has 0 saturated heterocycles. The highest BCUT2D eigenvalue weighted by Gasteiger charge is 2.28. The quantitative estimate of drug-likeness (QED) is 0.0309. The molecule has 0 aromatic carbocycles. The molecular weight excluding hydrogens is 929 g/mol. The maximum absolute atomic E-state index is 14.0. The molecule has 22 N–H and O–H groups in total. The third kappa shape index (κ3) is 35.3. The number of rotatable bonds is 49. The van der Waals surface area contributed by atoms with Crippen LogP contribution in [0.25, 0.3) is 0 Å². The Bertz CT molecular complexity index is 1470. The van der Waals surface area contributed by atoms with E-state index in [4.69, 9.17) is 55.3 Å². The zero-order chi connectivity index (χ0) is 53.8. The normalized spacial score (nSPS) is 14.2. The molecule has 23 heteroatoms. The van der Waals surface area contributed by atoms with Crippen molar-refractivity contribution in [2.75, 3.05) is 72.2 Å². The van der Waals surface area contributed by atoms with E-state index >= 15 is 0 Å². The number of unbranched alkanes of at least 4 members (excludes halogenated alkanes) is 7. The average molecular weight is 1030 g/mol. The first-order valence-electron chi connectivity index (χ1n) is 26.9. The highest BCUT2D eigenvalue weighted by Crippen LogP contribution is 2.11. The number of nitrogens with one attached hydrogen (secondary N) is 6. The molecule has 0 fully saturated rings. The van der Waals surface area contributed by atoms with E-state index in [-0.39, 0.29) is 49.8 Å². The maximum Gasteiger partial charge on any atom is 0.243 e. The predicted octanol–water partition coefficient (Wildman–Crippen LogP) is -1.47. The van der Waals surface area contributed by atoms with Crippen molar-refractivity contribution in [2.24, 2.45) is 45.9 Å². The van der Waals surface area contributed by atoms with Gasteiger partial charge in [0, 0.05) is 39.3 Å². The summed E-state index contributed by atoms with van der Waals surface area (Å²) < 4.78 is 10.9. The van der Waals surface area contributed by atoms with Gasteiger partial charge in [-0.15, -0.1) is 0 Å². The molecule has 0 saturated carbocycles. The topological polar surface area (TPSA) is 418 Å². The van der Waals surface area contributed by atoms with Crippen molar-refractivity contribution in [3.05, 3.63) is 0 Å². The van der Waals surface area contributed by atoms with Crippen molar-refractivity contribution < 1.29 is 43.0 Å². The van der Waals surface area contributed by atoms with E-state index in [0.717, 1.165) is 25.7 Å². The minimum atomic E-state index is -1.02. The molecule has 0 bridgehead atoms. The van der Waals surface area contributed by atoms with E-state index in [1.54, 1.807) is 0 Å². The van der Waals surface area contributed by atoms with E-state index in [2.05, 4.69) is 31.9 Å². The van der Waals surface area contributed by atoms with Gasteiger partial charge in [-0.2, -0.15) is 0 Å². The lowest BCUT2D eigenvalue weighted by Crippen LogP contribution is -2.54. The van der Waals surface area contributed by atoms with Crippen LogP contribution < -0.4 is 77.8 Å². The molecule has 0 rings (SSSR count). The summed E-state index contributed by atoms with van der Waals surface area (Å²) in [5, 5.41) is 17.1. The van der Waals surface area contributed by atoms with Crippen LogP contribution in [-0.4, -0.2) is 156 Å². The molecule has 0 spiro atoms. The predicted molar refractivity (Wildman–Crippen MR) is 281 cm³/mol. The van der Waals surface area contributed by atoms with Gasteiger partial charge in [-0.25, -0.2) is 0 Å². The monoisotopic (exact) mass is 1030 g/mol. The summed E-state index contributed by atoms with van der Waals surface area (Å²) in [4.78, 5) is 92.6. The van der Waals surface area contributed by atoms with Crippen molar-refractivity contribution >= 4 is 41.2 Å².